The summed E-state index contributed by atoms with van der Waals surface area (Å²) < 4.78 is 5.79. The van der Waals surface area contributed by atoms with Gasteiger partial charge in [0, 0.05) is 17.5 Å². The van der Waals surface area contributed by atoms with Crippen molar-refractivity contribution in [1.82, 2.24) is 10.2 Å². The molecule has 1 heterocycles. The topological polar surface area (TPSA) is 64.1 Å². The third-order valence-electron chi connectivity index (χ3n) is 4.08. The third kappa shape index (κ3) is 5.62. The summed E-state index contributed by atoms with van der Waals surface area (Å²) in [7, 11) is 0. The van der Waals surface area contributed by atoms with Gasteiger partial charge in [0.05, 0.1) is 0 Å². The maximum absolute atomic E-state index is 12.7. The van der Waals surface area contributed by atoms with E-state index >= 15 is 0 Å². The molecule has 6 heteroatoms. The molecule has 0 bridgehead atoms. The second kappa shape index (κ2) is 9.83. The number of hydrogen-bond donors (Lipinski definition) is 1. The Kier molecular flexibility index (Phi) is 6.93. The average Bonchev–Trinajstić information content (AvgIpc) is 3.15. The summed E-state index contributed by atoms with van der Waals surface area (Å²) in [5.74, 6) is 0.576. The molecular weight excluding hydrogens is 358 g/mol. The summed E-state index contributed by atoms with van der Waals surface area (Å²) in [6.07, 6.45) is 4.35. The van der Waals surface area contributed by atoms with Gasteiger partial charge in [-0.1, -0.05) is 67.5 Å². The fraction of sp³-hybridized carbons (Fsp3) is 0.286. The highest BCUT2D eigenvalue weighted by Gasteiger charge is 2.14. The van der Waals surface area contributed by atoms with Crippen molar-refractivity contribution in [3.8, 4) is 5.75 Å². The number of rotatable bonds is 9. The fourth-order valence-corrected chi connectivity index (χ4v) is 3.42. The van der Waals surface area contributed by atoms with Crippen molar-refractivity contribution >= 4 is 22.4 Å². The second-order valence-electron chi connectivity index (χ2n) is 6.17. The van der Waals surface area contributed by atoms with Crippen LogP contribution in [0.4, 0.5) is 5.13 Å². The van der Waals surface area contributed by atoms with Gasteiger partial charge in [-0.25, -0.2) is 0 Å². The molecule has 0 spiro atoms. The van der Waals surface area contributed by atoms with Gasteiger partial charge in [-0.15, -0.1) is 10.2 Å². The lowest BCUT2D eigenvalue weighted by Gasteiger charge is -2.10. The van der Waals surface area contributed by atoms with Crippen LogP contribution in [0.3, 0.4) is 0 Å². The normalized spacial score (nSPS) is 10.6. The van der Waals surface area contributed by atoms with Crippen LogP contribution in [0.2, 0.25) is 0 Å². The molecule has 3 aromatic rings. The average molecular weight is 382 g/mol. The first-order valence-electron chi connectivity index (χ1n) is 9.15. The number of carbonyl (C=O) groups is 1. The van der Waals surface area contributed by atoms with Crippen molar-refractivity contribution in [2.24, 2.45) is 0 Å². The molecule has 2 aromatic carbocycles. The number of amides is 1. The Bertz CT molecular complexity index is 865. The Morgan fingerprint density at radius 1 is 1.04 bits per heavy atom. The molecule has 1 amide bonds. The first kappa shape index (κ1) is 19.0. The van der Waals surface area contributed by atoms with E-state index in [2.05, 4.69) is 22.4 Å². The molecule has 0 atom stereocenters. The monoisotopic (exact) mass is 381 g/mol. The molecule has 140 valence electrons. The van der Waals surface area contributed by atoms with Crippen molar-refractivity contribution in [1.29, 1.82) is 0 Å². The number of aryl methyl sites for hydroxylation is 1. The van der Waals surface area contributed by atoms with Gasteiger partial charge in [0.25, 0.3) is 5.91 Å². The van der Waals surface area contributed by atoms with E-state index in [1.165, 1.54) is 24.2 Å². The molecular formula is C21H23N3O2S. The summed E-state index contributed by atoms with van der Waals surface area (Å²) in [6, 6.07) is 17.0. The van der Waals surface area contributed by atoms with Crippen LogP contribution in [0.25, 0.3) is 0 Å². The van der Waals surface area contributed by atoms with Crippen LogP contribution in [0.15, 0.2) is 54.6 Å². The van der Waals surface area contributed by atoms with E-state index in [9.17, 15) is 4.79 Å². The minimum atomic E-state index is -0.196. The van der Waals surface area contributed by atoms with E-state index in [1.54, 1.807) is 6.07 Å². The van der Waals surface area contributed by atoms with Crippen molar-refractivity contribution in [2.45, 2.75) is 39.2 Å². The van der Waals surface area contributed by atoms with Gasteiger partial charge in [-0.2, -0.15) is 0 Å². The predicted octanol–water partition coefficient (Wildman–Crippen LogP) is 5.10. The van der Waals surface area contributed by atoms with E-state index in [1.807, 2.05) is 48.5 Å². The van der Waals surface area contributed by atoms with Gasteiger partial charge in [-0.3, -0.25) is 10.1 Å². The summed E-state index contributed by atoms with van der Waals surface area (Å²) in [5, 5.41) is 12.6. The molecule has 27 heavy (non-hydrogen) atoms. The van der Waals surface area contributed by atoms with Crippen LogP contribution in [0.1, 0.15) is 47.1 Å². The highest BCUT2D eigenvalue weighted by atomic mass is 32.1. The number of hydrogen-bond acceptors (Lipinski definition) is 5. The molecule has 0 fully saturated rings. The number of carbonyl (C=O) groups excluding carboxylic acids is 1. The molecule has 1 aromatic heterocycles. The lowest BCUT2D eigenvalue weighted by Crippen LogP contribution is -2.15. The largest absolute Gasteiger partial charge is 0.489 e. The number of anilines is 1. The Morgan fingerprint density at radius 3 is 2.63 bits per heavy atom. The SMILES string of the molecule is CCCCCc1nnc(NC(=O)c2ccccc2COc2ccccc2)s1. The Morgan fingerprint density at radius 2 is 1.81 bits per heavy atom. The minimum absolute atomic E-state index is 0.196. The van der Waals surface area contributed by atoms with Crippen LogP contribution in [0.5, 0.6) is 5.75 Å². The van der Waals surface area contributed by atoms with Crippen molar-refractivity contribution in [3.63, 3.8) is 0 Å². The quantitative estimate of drug-likeness (QED) is 0.524. The van der Waals surface area contributed by atoms with Crippen LogP contribution >= 0.6 is 11.3 Å². The van der Waals surface area contributed by atoms with Crippen LogP contribution < -0.4 is 10.1 Å². The van der Waals surface area contributed by atoms with E-state index in [0.717, 1.165) is 29.2 Å². The molecule has 0 radical (unpaired) electrons. The Hall–Kier alpha value is -2.73. The molecule has 0 aliphatic carbocycles. The predicted molar refractivity (Wildman–Crippen MR) is 108 cm³/mol. The lowest BCUT2D eigenvalue weighted by molar-refractivity contribution is 0.102. The van der Waals surface area contributed by atoms with Crippen LogP contribution in [-0.4, -0.2) is 16.1 Å². The number of benzene rings is 2. The number of unbranched alkanes of at least 4 members (excludes halogenated alkanes) is 2. The fourth-order valence-electron chi connectivity index (χ4n) is 2.64. The van der Waals surface area contributed by atoms with Crippen LogP contribution in [-0.2, 0) is 13.0 Å². The first-order valence-corrected chi connectivity index (χ1v) is 9.97. The van der Waals surface area contributed by atoms with E-state index in [4.69, 9.17) is 4.74 Å². The number of nitrogens with one attached hydrogen (secondary N) is 1. The highest BCUT2D eigenvalue weighted by Crippen LogP contribution is 2.20. The first-order chi connectivity index (χ1) is 13.3. The number of aromatic nitrogens is 2. The lowest BCUT2D eigenvalue weighted by atomic mass is 10.1. The number of nitrogens with zero attached hydrogens (tertiary/aromatic N) is 2. The van der Waals surface area contributed by atoms with Crippen molar-refractivity contribution in [3.05, 3.63) is 70.7 Å². The van der Waals surface area contributed by atoms with E-state index in [-0.39, 0.29) is 5.91 Å². The molecule has 1 N–H and O–H groups in total. The molecule has 0 saturated heterocycles. The molecule has 5 nitrogen and oxygen atoms in total. The van der Waals surface area contributed by atoms with Gasteiger partial charge in [-0.05, 0) is 24.6 Å². The van der Waals surface area contributed by atoms with Crippen molar-refractivity contribution in [2.75, 3.05) is 5.32 Å². The Labute approximate surface area is 163 Å². The summed E-state index contributed by atoms with van der Waals surface area (Å²) >= 11 is 1.44. The zero-order chi connectivity index (χ0) is 18.9. The van der Waals surface area contributed by atoms with Gasteiger partial charge < -0.3 is 4.74 Å². The minimum Gasteiger partial charge on any atom is -0.489 e. The van der Waals surface area contributed by atoms with Gasteiger partial charge in [0.15, 0.2) is 0 Å². The zero-order valence-corrected chi connectivity index (χ0v) is 16.2. The van der Waals surface area contributed by atoms with Gasteiger partial charge >= 0.3 is 0 Å². The third-order valence-corrected chi connectivity index (χ3v) is 4.98. The highest BCUT2D eigenvalue weighted by molar-refractivity contribution is 7.15. The zero-order valence-electron chi connectivity index (χ0n) is 15.4. The number of para-hydroxylation sites is 1. The molecule has 0 unspecified atom stereocenters. The maximum Gasteiger partial charge on any atom is 0.257 e. The molecule has 3 rings (SSSR count). The van der Waals surface area contributed by atoms with E-state index < -0.39 is 0 Å². The van der Waals surface area contributed by atoms with Gasteiger partial charge in [0.1, 0.15) is 17.4 Å². The van der Waals surface area contributed by atoms with Crippen LogP contribution in [0, 0.1) is 0 Å². The standard InChI is InChI=1S/C21H23N3O2S/c1-2-3-5-14-19-23-24-21(27-19)22-20(25)18-13-9-8-10-16(18)15-26-17-11-6-4-7-12-17/h4,6-13H,2-3,5,14-15H2,1H3,(H,22,24,25). The number of ether oxygens (including phenoxy) is 1. The summed E-state index contributed by atoms with van der Waals surface area (Å²) in [5.41, 5.74) is 1.41. The maximum atomic E-state index is 12.7. The summed E-state index contributed by atoms with van der Waals surface area (Å²) in [6.45, 7) is 2.50. The second-order valence-corrected chi connectivity index (χ2v) is 7.23. The smallest absolute Gasteiger partial charge is 0.257 e. The van der Waals surface area contributed by atoms with Crippen molar-refractivity contribution < 1.29 is 9.53 Å². The summed E-state index contributed by atoms with van der Waals surface area (Å²) in [4.78, 5) is 12.7. The van der Waals surface area contributed by atoms with E-state index in [0.29, 0.717) is 17.3 Å². The molecule has 0 saturated carbocycles. The molecule has 0 aliphatic heterocycles. The molecule has 0 aliphatic rings. The van der Waals surface area contributed by atoms with Gasteiger partial charge in [0.2, 0.25) is 5.13 Å². The Balaban J connectivity index is 1.63.